The van der Waals surface area contributed by atoms with Crippen LogP contribution in [-0.4, -0.2) is 94.2 Å². The maximum atomic E-state index is 12.7. The number of carbonyl (C=O) groups excluding carboxylic acids is 4. The molecule has 0 fully saturated rings. The average Bonchev–Trinajstić information content (AvgIpc) is 2.79. The van der Waals surface area contributed by atoms with Gasteiger partial charge in [-0.25, -0.2) is 4.79 Å². The standard InChI is InChI=1S/C19H34N8O9/c20-9(3-6-14(30)31)15(32)27-12(8-28)17(34)25-10(4-5-13(21)29)16(33)26-11(18(35)36)2-1-7-24-19(22)23/h9-12,28H,1-8,20H2,(H2,21,29)(H,25,34)(H,26,33)(H,27,32)(H,30,31)(H,35,36)(H4,22,23,24). The van der Waals surface area contributed by atoms with Crippen LogP contribution >= 0.6 is 0 Å². The molecule has 0 bridgehead atoms. The Morgan fingerprint density at radius 2 is 1.31 bits per heavy atom. The third-order valence-electron chi connectivity index (χ3n) is 4.69. The number of aliphatic hydroxyl groups excluding tert-OH is 1. The molecule has 0 aromatic rings. The second-order valence-electron chi connectivity index (χ2n) is 7.70. The van der Waals surface area contributed by atoms with E-state index in [1.54, 1.807) is 0 Å². The zero-order valence-electron chi connectivity index (χ0n) is 19.5. The van der Waals surface area contributed by atoms with Gasteiger partial charge in [-0.15, -0.1) is 0 Å². The first-order valence-corrected chi connectivity index (χ1v) is 10.8. The lowest BCUT2D eigenvalue weighted by Crippen LogP contribution is -2.58. The van der Waals surface area contributed by atoms with Crippen molar-refractivity contribution in [3.05, 3.63) is 0 Å². The van der Waals surface area contributed by atoms with E-state index in [4.69, 9.17) is 28.0 Å². The van der Waals surface area contributed by atoms with Crippen LogP contribution in [0.2, 0.25) is 0 Å². The Kier molecular flexibility index (Phi) is 14.8. The highest BCUT2D eigenvalue weighted by molar-refractivity contribution is 5.94. The van der Waals surface area contributed by atoms with Crippen molar-refractivity contribution in [3.8, 4) is 0 Å². The summed E-state index contributed by atoms with van der Waals surface area (Å²) in [7, 11) is 0. The second kappa shape index (κ2) is 16.6. The number of nitrogens with two attached hydrogens (primary N) is 4. The lowest BCUT2D eigenvalue weighted by atomic mass is 10.1. The van der Waals surface area contributed by atoms with E-state index in [-0.39, 0.29) is 44.6 Å². The Bertz CT molecular complexity index is 832. The molecule has 0 spiro atoms. The fourth-order valence-corrected chi connectivity index (χ4v) is 2.74. The minimum atomic E-state index is -1.58. The van der Waals surface area contributed by atoms with Gasteiger partial charge in [0.1, 0.15) is 18.1 Å². The fraction of sp³-hybridized carbons (Fsp3) is 0.632. The minimum absolute atomic E-state index is 0.0576. The average molecular weight is 519 g/mol. The number of nitrogens with one attached hydrogen (secondary N) is 3. The summed E-state index contributed by atoms with van der Waals surface area (Å²) in [5.41, 5.74) is 21.1. The lowest BCUT2D eigenvalue weighted by Gasteiger charge is -2.24. The number of guanidine groups is 1. The van der Waals surface area contributed by atoms with Gasteiger partial charge in [0, 0.05) is 19.4 Å². The van der Waals surface area contributed by atoms with Crippen LogP contribution in [0, 0.1) is 0 Å². The molecule has 17 nitrogen and oxygen atoms in total. The minimum Gasteiger partial charge on any atom is -0.481 e. The van der Waals surface area contributed by atoms with Crippen LogP contribution in [0.4, 0.5) is 0 Å². The number of primary amides is 1. The molecule has 0 rings (SSSR count). The molecule has 0 saturated heterocycles. The van der Waals surface area contributed by atoms with E-state index in [2.05, 4.69) is 20.9 Å². The Balaban J connectivity index is 5.31. The van der Waals surface area contributed by atoms with Crippen molar-refractivity contribution in [1.82, 2.24) is 16.0 Å². The highest BCUT2D eigenvalue weighted by Gasteiger charge is 2.30. The Morgan fingerprint density at radius 3 is 1.81 bits per heavy atom. The van der Waals surface area contributed by atoms with Crippen LogP contribution in [0.3, 0.4) is 0 Å². The fourth-order valence-electron chi connectivity index (χ4n) is 2.74. The molecule has 0 radical (unpaired) electrons. The molecule has 204 valence electrons. The lowest BCUT2D eigenvalue weighted by molar-refractivity contribution is -0.142. The summed E-state index contributed by atoms with van der Waals surface area (Å²) < 4.78 is 0. The summed E-state index contributed by atoms with van der Waals surface area (Å²) in [6.07, 6.45) is -1.15. The van der Waals surface area contributed by atoms with Crippen molar-refractivity contribution in [2.75, 3.05) is 13.2 Å². The van der Waals surface area contributed by atoms with E-state index in [1.165, 1.54) is 0 Å². The normalized spacial score (nSPS) is 13.8. The number of carbonyl (C=O) groups is 6. The van der Waals surface area contributed by atoms with Crippen LogP contribution in [0.15, 0.2) is 4.99 Å². The topological polar surface area (TPSA) is 316 Å². The largest absolute Gasteiger partial charge is 0.481 e. The smallest absolute Gasteiger partial charge is 0.326 e. The van der Waals surface area contributed by atoms with Gasteiger partial charge in [-0.1, -0.05) is 0 Å². The molecule has 14 N–H and O–H groups in total. The van der Waals surface area contributed by atoms with Crippen molar-refractivity contribution in [2.45, 2.75) is 62.7 Å². The Morgan fingerprint density at radius 1 is 0.750 bits per heavy atom. The van der Waals surface area contributed by atoms with Crippen molar-refractivity contribution in [1.29, 1.82) is 0 Å². The number of nitrogens with zero attached hydrogens (tertiary/aromatic N) is 1. The van der Waals surface area contributed by atoms with E-state index in [0.717, 1.165) is 0 Å². The van der Waals surface area contributed by atoms with Crippen LogP contribution in [0.25, 0.3) is 0 Å². The summed E-state index contributed by atoms with van der Waals surface area (Å²) >= 11 is 0. The molecule has 36 heavy (non-hydrogen) atoms. The third-order valence-corrected chi connectivity index (χ3v) is 4.69. The van der Waals surface area contributed by atoms with Gasteiger partial charge >= 0.3 is 11.9 Å². The molecule has 0 aliphatic heterocycles. The zero-order valence-corrected chi connectivity index (χ0v) is 19.5. The number of aliphatic hydroxyl groups is 1. The third kappa shape index (κ3) is 13.7. The molecular formula is C19H34N8O9. The van der Waals surface area contributed by atoms with Crippen molar-refractivity contribution >= 4 is 41.5 Å². The number of carboxylic acid groups (broad SMARTS) is 2. The molecule has 0 aromatic carbocycles. The highest BCUT2D eigenvalue weighted by Crippen LogP contribution is 2.04. The molecule has 0 aliphatic carbocycles. The van der Waals surface area contributed by atoms with Gasteiger partial charge in [-0.3, -0.25) is 29.0 Å². The number of hydrogen-bond donors (Lipinski definition) is 10. The quantitative estimate of drug-likeness (QED) is 0.0463. The summed E-state index contributed by atoms with van der Waals surface area (Å²) in [6, 6.07) is -5.68. The van der Waals surface area contributed by atoms with Crippen LogP contribution in [0.5, 0.6) is 0 Å². The number of carboxylic acids is 2. The van der Waals surface area contributed by atoms with E-state index in [1.807, 2.05) is 0 Å². The van der Waals surface area contributed by atoms with Gasteiger partial charge in [-0.05, 0) is 25.7 Å². The molecule has 17 heteroatoms. The molecule has 0 heterocycles. The predicted molar refractivity (Wildman–Crippen MR) is 124 cm³/mol. The first kappa shape index (κ1) is 32.0. The van der Waals surface area contributed by atoms with E-state index >= 15 is 0 Å². The van der Waals surface area contributed by atoms with Crippen LogP contribution < -0.4 is 38.9 Å². The Hall–Kier alpha value is -3.99. The summed E-state index contributed by atoms with van der Waals surface area (Å²) in [5.74, 6) is -6.47. The van der Waals surface area contributed by atoms with Crippen molar-refractivity contribution in [2.24, 2.45) is 27.9 Å². The number of hydrogen-bond acceptors (Lipinski definition) is 9. The number of aliphatic imine (C=N–C) groups is 1. The maximum absolute atomic E-state index is 12.7. The summed E-state index contributed by atoms with van der Waals surface area (Å²) in [4.78, 5) is 74.4. The molecule has 4 atom stereocenters. The van der Waals surface area contributed by atoms with Gasteiger partial charge in [0.2, 0.25) is 23.6 Å². The van der Waals surface area contributed by atoms with Crippen molar-refractivity contribution in [3.63, 3.8) is 0 Å². The molecular weight excluding hydrogens is 484 g/mol. The van der Waals surface area contributed by atoms with Crippen LogP contribution in [0.1, 0.15) is 38.5 Å². The number of amides is 4. The van der Waals surface area contributed by atoms with E-state index in [9.17, 15) is 39.0 Å². The summed E-state index contributed by atoms with van der Waals surface area (Å²) in [6.45, 7) is -0.799. The highest BCUT2D eigenvalue weighted by atomic mass is 16.4. The van der Waals surface area contributed by atoms with E-state index < -0.39 is 72.8 Å². The monoisotopic (exact) mass is 518 g/mol. The number of aliphatic carboxylic acids is 2. The van der Waals surface area contributed by atoms with Gasteiger partial charge in [-0.2, -0.15) is 0 Å². The predicted octanol–water partition coefficient (Wildman–Crippen LogP) is -4.97. The molecule has 4 unspecified atom stereocenters. The zero-order chi connectivity index (χ0) is 27.8. The number of rotatable bonds is 18. The molecule has 0 saturated carbocycles. The van der Waals surface area contributed by atoms with Gasteiger partial charge in [0.25, 0.3) is 0 Å². The Labute approximate surface area is 206 Å². The first-order chi connectivity index (χ1) is 16.8. The van der Waals surface area contributed by atoms with Crippen LogP contribution in [-0.2, 0) is 28.8 Å². The molecule has 4 amide bonds. The van der Waals surface area contributed by atoms with Crippen molar-refractivity contribution < 1.29 is 44.1 Å². The second-order valence-corrected chi connectivity index (χ2v) is 7.70. The first-order valence-electron chi connectivity index (χ1n) is 10.8. The van der Waals surface area contributed by atoms with Gasteiger partial charge in [0.15, 0.2) is 5.96 Å². The molecule has 0 aliphatic rings. The maximum Gasteiger partial charge on any atom is 0.326 e. The van der Waals surface area contributed by atoms with Gasteiger partial charge < -0.3 is 54.2 Å². The SMILES string of the molecule is NC(=O)CCC(NC(=O)C(CO)NC(=O)C(N)CCC(=O)O)C(=O)NC(CCCN=C(N)N)C(=O)O. The van der Waals surface area contributed by atoms with E-state index in [0.29, 0.717) is 0 Å². The van der Waals surface area contributed by atoms with Gasteiger partial charge in [0.05, 0.1) is 12.6 Å². The summed E-state index contributed by atoms with van der Waals surface area (Å²) in [5, 5.41) is 34.1. The molecule has 0 aromatic heterocycles.